The van der Waals surface area contributed by atoms with Crippen molar-refractivity contribution in [3.8, 4) is 5.75 Å². The number of ether oxygens (including phenoxy) is 1. The second kappa shape index (κ2) is 9.26. The first-order valence-electron chi connectivity index (χ1n) is 8.09. The molecule has 0 saturated heterocycles. The van der Waals surface area contributed by atoms with Gasteiger partial charge in [0.1, 0.15) is 11.5 Å². The number of furan rings is 1. The van der Waals surface area contributed by atoms with E-state index in [9.17, 15) is 14.4 Å². The Morgan fingerprint density at radius 2 is 1.88 bits per heavy atom. The number of hydrazine groups is 1. The number of carbonyl (C=O) groups is 3. The van der Waals surface area contributed by atoms with Gasteiger partial charge < -0.3 is 14.5 Å². The van der Waals surface area contributed by atoms with Gasteiger partial charge in [0.05, 0.1) is 19.4 Å². The summed E-state index contributed by atoms with van der Waals surface area (Å²) in [4.78, 5) is 35.4. The average Bonchev–Trinajstić information content (AvgIpc) is 3.16. The van der Waals surface area contributed by atoms with Crippen LogP contribution in [0.25, 0.3) is 0 Å². The highest BCUT2D eigenvalue weighted by molar-refractivity contribution is 6.35. The van der Waals surface area contributed by atoms with E-state index in [1.807, 2.05) is 13.8 Å². The van der Waals surface area contributed by atoms with E-state index in [-0.39, 0.29) is 6.54 Å². The summed E-state index contributed by atoms with van der Waals surface area (Å²) in [6.07, 6.45) is 1.46. The summed E-state index contributed by atoms with van der Waals surface area (Å²) < 4.78 is 10.6. The third-order valence-corrected chi connectivity index (χ3v) is 3.18. The molecule has 8 nitrogen and oxygen atoms in total. The molecule has 1 aromatic heterocycles. The first-order valence-corrected chi connectivity index (χ1v) is 8.09. The Balaban J connectivity index is 1.80. The predicted molar refractivity (Wildman–Crippen MR) is 92.9 cm³/mol. The third-order valence-electron chi connectivity index (χ3n) is 3.18. The average molecular weight is 359 g/mol. The van der Waals surface area contributed by atoms with E-state index in [1.54, 1.807) is 36.4 Å². The van der Waals surface area contributed by atoms with Crippen molar-refractivity contribution in [3.63, 3.8) is 0 Å². The van der Waals surface area contributed by atoms with Gasteiger partial charge in [0.15, 0.2) is 0 Å². The molecule has 1 heterocycles. The molecule has 0 radical (unpaired) electrons. The van der Waals surface area contributed by atoms with Crippen LogP contribution in [0, 0.1) is 5.92 Å². The lowest BCUT2D eigenvalue weighted by molar-refractivity contribution is -0.139. The van der Waals surface area contributed by atoms with Gasteiger partial charge in [-0.2, -0.15) is 0 Å². The van der Waals surface area contributed by atoms with Gasteiger partial charge in [0.2, 0.25) is 0 Å². The van der Waals surface area contributed by atoms with Crippen LogP contribution in [0.15, 0.2) is 47.1 Å². The molecule has 138 valence electrons. The second-order valence-corrected chi connectivity index (χ2v) is 5.90. The lowest BCUT2D eigenvalue weighted by Crippen LogP contribution is -2.48. The molecule has 8 heteroatoms. The van der Waals surface area contributed by atoms with Crippen molar-refractivity contribution in [1.82, 2.24) is 16.2 Å². The summed E-state index contributed by atoms with van der Waals surface area (Å²) in [5, 5.41) is 2.37. The zero-order valence-electron chi connectivity index (χ0n) is 14.6. The topological polar surface area (TPSA) is 110 Å². The number of benzene rings is 1. The number of nitrogens with one attached hydrogen (secondary N) is 3. The number of amides is 3. The molecule has 26 heavy (non-hydrogen) atoms. The highest BCUT2D eigenvalue weighted by Crippen LogP contribution is 2.14. The summed E-state index contributed by atoms with van der Waals surface area (Å²) >= 11 is 0. The van der Waals surface area contributed by atoms with Crippen LogP contribution >= 0.6 is 0 Å². The van der Waals surface area contributed by atoms with Crippen molar-refractivity contribution in [3.05, 3.63) is 54.0 Å². The van der Waals surface area contributed by atoms with E-state index < -0.39 is 17.7 Å². The molecular weight excluding hydrogens is 338 g/mol. The van der Waals surface area contributed by atoms with Crippen LogP contribution in [-0.2, 0) is 16.1 Å². The van der Waals surface area contributed by atoms with Crippen LogP contribution in [-0.4, -0.2) is 24.3 Å². The van der Waals surface area contributed by atoms with Crippen LogP contribution in [0.3, 0.4) is 0 Å². The molecule has 0 fully saturated rings. The van der Waals surface area contributed by atoms with Gasteiger partial charge in [0.25, 0.3) is 5.91 Å². The van der Waals surface area contributed by atoms with Crippen molar-refractivity contribution in [1.29, 1.82) is 0 Å². The van der Waals surface area contributed by atoms with Gasteiger partial charge >= 0.3 is 11.8 Å². The number of carbonyl (C=O) groups excluding carboxylic acids is 3. The van der Waals surface area contributed by atoms with Crippen molar-refractivity contribution in [2.75, 3.05) is 6.61 Å². The van der Waals surface area contributed by atoms with Gasteiger partial charge in [-0.05, 0) is 36.2 Å². The lowest BCUT2D eigenvalue weighted by Gasteiger charge is -2.10. The summed E-state index contributed by atoms with van der Waals surface area (Å²) in [7, 11) is 0. The first kappa shape index (κ1) is 19.0. The summed E-state index contributed by atoms with van der Waals surface area (Å²) in [6.45, 7) is 4.63. The molecule has 2 rings (SSSR count). The van der Waals surface area contributed by atoms with E-state index in [4.69, 9.17) is 9.15 Å². The van der Waals surface area contributed by atoms with Gasteiger partial charge in [-0.3, -0.25) is 25.2 Å². The predicted octanol–water partition coefficient (Wildman–Crippen LogP) is 1.39. The second-order valence-electron chi connectivity index (χ2n) is 5.90. The fraction of sp³-hybridized carbons (Fsp3) is 0.278. The SMILES string of the molecule is CC(C)COc1cccc(C(=O)NNC(=O)C(=O)NCc2ccco2)c1. The molecular formula is C18H21N3O5. The monoisotopic (exact) mass is 359 g/mol. The van der Waals surface area contributed by atoms with Gasteiger partial charge in [0, 0.05) is 5.56 Å². The Labute approximate surface area is 150 Å². The Bertz CT molecular complexity index is 756. The Morgan fingerprint density at radius 1 is 1.08 bits per heavy atom. The molecule has 0 atom stereocenters. The largest absolute Gasteiger partial charge is 0.493 e. The standard InChI is InChI=1S/C18H21N3O5/c1-12(2)11-26-14-6-3-5-13(9-14)16(22)20-21-18(24)17(23)19-10-15-7-4-8-25-15/h3-9,12H,10-11H2,1-2H3,(H,19,23)(H,20,22)(H,21,24). The van der Waals surface area contributed by atoms with Crippen molar-refractivity contribution < 1.29 is 23.5 Å². The third kappa shape index (κ3) is 5.97. The molecule has 0 bridgehead atoms. The molecule has 3 N–H and O–H groups in total. The van der Waals surface area contributed by atoms with E-state index in [2.05, 4.69) is 16.2 Å². The minimum absolute atomic E-state index is 0.0719. The Kier molecular flexibility index (Phi) is 6.78. The molecule has 2 aromatic rings. The fourth-order valence-corrected chi connectivity index (χ4v) is 1.89. The van der Waals surface area contributed by atoms with Crippen molar-refractivity contribution in [2.24, 2.45) is 5.92 Å². The maximum Gasteiger partial charge on any atom is 0.327 e. The molecule has 0 spiro atoms. The zero-order valence-corrected chi connectivity index (χ0v) is 14.6. The molecule has 0 saturated carbocycles. The number of rotatable bonds is 6. The summed E-state index contributed by atoms with van der Waals surface area (Å²) in [6, 6.07) is 9.86. The van der Waals surface area contributed by atoms with Crippen LogP contribution < -0.4 is 20.9 Å². The molecule has 3 amide bonds. The van der Waals surface area contributed by atoms with Crippen LogP contribution in [0.4, 0.5) is 0 Å². The van der Waals surface area contributed by atoms with Crippen molar-refractivity contribution >= 4 is 17.7 Å². The van der Waals surface area contributed by atoms with E-state index in [0.29, 0.717) is 29.6 Å². The van der Waals surface area contributed by atoms with Crippen LogP contribution in [0.1, 0.15) is 30.0 Å². The smallest absolute Gasteiger partial charge is 0.327 e. The van der Waals surface area contributed by atoms with Crippen LogP contribution in [0.2, 0.25) is 0 Å². The van der Waals surface area contributed by atoms with Gasteiger partial charge in [-0.15, -0.1) is 0 Å². The Hall–Kier alpha value is -3.29. The van der Waals surface area contributed by atoms with Gasteiger partial charge in [-0.25, -0.2) is 0 Å². The lowest BCUT2D eigenvalue weighted by atomic mass is 10.2. The first-order chi connectivity index (χ1) is 12.5. The quantitative estimate of drug-likeness (QED) is 0.533. The van der Waals surface area contributed by atoms with E-state index >= 15 is 0 Å². The van der Waals surface area contributed by atoms with Crippen LogP contribution in [0.5, 0.6) is 5.75 Å². The maximum absolute atomic E-state index is 12.1. The maximum atomic E-state index is 12.1. The van der Waals surface area contributed by atoms with Crippen molar-refractivity contribution in [2.45, 2.75) is 20.4 Å². The summed E-state index contributed by atoms with van der Waals surface area (Å²) in [5.74, 6) is -1.03. The van der Waals surface area contributed by atoms with E-state index in [1.165, 1.54) is 6.26 Å². The fourth-order valence-electron chi connectivity index (χ4n) is 1.89. The normalized spacial score (nSPS) is 10.3. The Morgan fingerprint density at radius 3 is 2.58 bits per heavy atom. The van der Waals surface area contributed by atoms with Gasteiger partial charge in [-0.1, -0.05) is 19.9 Å². The molecule has 0 aliphatic heterocycles. The molecule has 0 unspecified atom stereocenters. The zero-order chi connectivity index (χ0) is 18.9. The molecule has 1 aromatic carbocycles. The highest BCUT2D eigenvalue weighted by atomic mass is 16.5. The number of hydrogen-bond acceptors (Lipinski definition) is 5. The number of hydrogen-bond donors (Lipinski definition) is 3. The minimum Gasteiger partial charge on any atom is -0.493 e. The van der Waals surface area contributed by atoms with E-state index in [0.717, 1.165) is 0 Å². The minimum atomic E-state index is -0.989. The molecule has 0 aliphatic carbocycles. The highest BCUT2D eigenvalue weighted by Gasteiger charge is 2.15. The summed E-state index contributed by atoms with van der Waals surface area (Å²) in [5.41, 5.74) is 4.54. The molecule has 0 aliphatic rings.